The van der Waals surface area contributed by atoms with Gasteiger partial charge in [-0.25, -0.2) is 14.8 Å². The zero-order valence-corrected chi connectivity index (χ0v) is 16.0. The number of imide groups is 1. The van der Waals surface area contributed by atoms with Crippen molar-refractivity contribution in [2.24, 2.45) is 0 Å². The van der Waals surface area contributed by atoms with Crippen LogP contribution in [0.4, 0.5) is 10.5 Å². The first-order valence-corrected chi connectivity index (χ1v) is 9.77. The minimum atomic E-state index is -0.578. The summed E-state index contributed by atoms with van der Waals surface area (Å²) < 4.78 is 5.39. The molecule has 0 bridgehead atoms. The standard InChI is InChI=1S/C21H16N4O3S/c26-18(24-21(27)22-14-7-2-1-3-8-14)13-29-20-15-9-4-5-10-16(15)23-19(25-20)17-11-6-12-28-17/h1-12H,13H2,(H2,22,24,26,27). The lowest BCUT2D eigenvalue weighted by Gasteiger charge is -2.08. The fraction of sp³-hybridized carbons (Fsp3) is 0.0476. The summed E-state index contributed by atoms with van der Waals surface area (Å²) in [6.45, 7) is 0. The van der Waals surface area contributed by atoms with Crippen LogP contribution >= 0.6 is 11.8 Å². The van der Waals surface area contributed by atoms with E-state index in [0.717, 1.165) is 10.9 Å². The highest BCUT2D eigenvalue weighted by molar-refractivity contribution is 8.00. The second-order valence-corrected chi connectivity index (χ2v) is 6.97. The first-order valence-electron chi connectivity index (χ1n) is 8.78. The number of fused-ring (bicyclic) bond motifs is 1. The van der Waals surface area contributed by atoms with Gasteiger partial charge in [-0.1, -0.05) is 48.2 Å². The number of thioether (sulfide) groups is 1. The summed E-state index contributed by atoms with van der Waals surface area (Å²) in [6.07, 6.45) is 1.56. The number of nitrogens with zero attached hydrogens (tertiary/aromatic N) is 2. The van der Waals surface area contributed by atoms with E-state index in [-0.39, 0.29) is 5.75 Å². The summed E-state index contributed by atoms with van der Waals surface area (Å²) in [4.78, 5) is 33.2. The number of amides is 3. The number of aromatic nitrogens is 2. The molecule has 3 amide bonds. The van der Waals surface area contributed by atoms with Crippen LogP contribution in [-0.2, 0) is 4.79 Å². The van der Waals surface area contributed by atoms with Crippen molar-refractivity contribution in [3.8, 4) is 11.6 Å². The van der Waals surface area contributed by atoms with Crippen LogP contribution in [0.3, 0.4) is 0 Å². The Bertz CT molecular complexity index is 1150. The summed E-state index contributed by atoms with van der Waals surface area (Å²) >= 11 is 1.23. The van der Waals surface area contributed by atoms with Gasteiger partial charge in [0.25, 0.3) is 0 Å². The topological polar surface area (TPSA) is 97.1 Å². The lowest BCUT2D eigenvalue weighted by Crippen LogP contribution is -2.35. The van der Waals surface area contributed by atoms with Crippen LogP contribution in [-0.4, -0.2) is 27.7 Å². The Balaban J connectivity index is 1.46. The van der Waals surface area contributed by atoms with Gasteiger partial charge in [0.15, 0.2) is 11.6 Å². The lowest BCUT2D eigenvalue weighted by molar-refractivity contribution is -0.117. The average Bonchev–Trinajstić information content (AvgIpc) is 3.27. The molecular formula is C21H16N4O3S. The lowest BCUT2D eigenvalue weighted by atomic mass is 10.2. The molecule has 2 aromatic carbocycles. The smallest absolute Gasteiger partial charge is 0.325 e. The van der Waals surface area contributed by atoms with Crippen LogP contribution in [0.1, 0.15) is 0 Å². The quantitative estimate of drug-likeness (QED) is 0.380. The molecule has 0 saturated carbocycles. The Kier molecular flexibility index (Phi) is 5.53. The van der Waals surface area contributed by atoms with Crippen LogP contribution in [0, 0.1) is 0 Å². The van der Waals surface area contributed by atoms with Crippen LogP contribution in [0.5, 0.6) is 0 Å². The SMILES string of the molecule is O=C(CSc1nc(-c2ccco2)nc2ccccc12)NC(=O)Nc1ccccc1. The number of benzene rings is 2. The predicted octanol–water partition coefficient (Wildman–Crippen LogP) is 4.33. The van der Waals surface area contributed by atoms with Gasteiger partial charge in [0, 0.05) is 11.1 Å². The van der Waals surface area contributed by atoms with Gasteiger partial charge in [0.05, 0.1) is 17.5 Å². The molecule has 0 aliphatic heterocycles. The fourth-order valence-corrected chi connectivity index (χ4v) is 3.47. The van der Waals surface area contributed by atoms with Gasteiger partial charge in [0.1, 0.15) is 5.03 Å². The number of hydrogen-bond donors (Lipinski definition) is 2. The number of carbonyl (C=O) groups excluding carboxylic acids is 2. The number of para-hydroxylation sites is 2. The maximum Gasteiger partial charge on any atom is 0.325 e. The average molecular weight is 404 g/mol. The first-order chi connectivity index (χ1) is 14.2. The normalized spacial score (nSPS) is 10.6. The van der Waals surface area contributed by atoms with Crippen molar-refractivity contribution in [3.05, 3.63) is 73.0 Å². The molecule has 4 rings (SSSR count). The number of urea groups is 1. The zero-order valence-electron chi connectivity index (χ0n) is 15.2. The fourth-order valence-electron chi connectivity index (χ4n) is 2.65. The molecule has 0 aliphatic rings. The predicted molar refractivity (Wildman–Crippen MR) is 112 cm³/mol. The summed E-state index contributed by atoms with van der Waals surface area (Å²) in [5.74, 6) is 0.592. The van der Waals surface area contributed by atoms with Crippen LogP contribution in [0.2, 0.25) is 0 Å². The number of carbonyl (C=O) groups is 2. The van der Waals surface area contributed by atoms with Gasteiger partial charge in [-0.2, -0.15) is 0 Å². The first kappa shape index (κ1) is 18.7. The molecule has 0 spiro atoms. The molecular weight excluding hydrogens is 388 g/mol. The third-order valence-corrected chi connectivity index (χ3v) is 4.93. The van der Waals surface area contributed by atoms with Gasteiger partial charge >= 0.3 is 6.03 Å². The number of rotatable bonds is 5. The van der Waals surface area contributed by atoms with E-state index in [1.807, 2.05) is 30.3 Å². The Morgan fingerprint density at radius 1 is 0.931 bits per heavy atom. The van der Waals surface area contributed by atoms with Gasteiger partial charge in [-0.3, -0.25) is 10.1 Å². The molecule has 144 valence electrons. The molecule has 2 N–H and O–H groups in total. The Morgan fingerprint density at radius 2 is 1.72 bits per heavy atom. The highest BCUT2D eigenvalue weighted by atomic mass is 32.2. The largest absolute Gasteiger partial charge is 0.461 e. The zero-order chi connectivity index (χ0) is 20.1. The highest BCUT2D eigenvalue weighted by Crippen LogP contribution is 2.28. The third-order valence-electron chi connectivity index (χ3n) is 3.93. The van der Waals surface area contributed by atoms with E-state index in [1.54, 1.807) is 42.7 Å². The molecule has 7 nitrogen and oxygen atoms in total. The number of nitrogens with one attached hydrogen (secondary N) is 2. The Labute approximate surface area is 170 Å². The van der Waals surface area contributed by atoms with Crippen molar-refractivity contribution in [3.63, 3.8) is 0 Å². The van der Waals surface area contributed by atoms with E-state index in [0.29, 0.717) is 22.3 Å². The van der Waals surface area contributed by atoms with E-state index in [2.05, 4.69) is 20.6 Å². The summed E-state index contributed by atoms with van der Waals surface area (Å²) in [5.41, 5.74) is 1.36. The van der Waals surface area contributed by atoms with E-state index >= 15 is 0 Å². The minimum Gasteiger partial charge on any atom is -0.461 e. The second kappa shape index (κ2) is 8.57. The van der Waals surface area contributed by atoms with Gasteiger partial charge in [0.2, 0.25) is 5.91 Å². The van der Waals surface area contributed by atoms with Crippen molar-refractivity contribution in [2.75, 3.05) is 11.1 Å². The van der Waals surface area contributed by atoms with Crippen molar-refractivity contribution in [1.29, 1.82) is 0 Å². The molecule has 0 unspecified atom stereocenters. The van der Waals surface area contributed by atoms with E-state index in [1.165, 1.54) is 11.8 Å². The molecule has 8 heteroatoms. The van der Waals surface area contributed by atoms with Crippen LogP contribution < -0.4 is 10.6 Å². The molecule has 2 heterocycles. The third kappa shape index (κ3) is 4.61. The molecule has 29 heavy (non-hydrogen) atoms. The van der Waals surface area contributed by atoms with E-state index < -0.39 is 11.9 Å². The number of furan rings is 1. The van der Waals surface area contributed by atoms with Crippen molar-refractivity contribution in [1.82, 2.24) is 15.3 Å². The monoisotopic (exact) mass is 404 g/mol. The molecule has 0 aliphatic carbocycles. The molecule has 0 fully saturated rings. The Morgan fingerprint density at radius 3 is 2.52 bits per heavy atom. The van der Waals surface area contributed by atoms with Gasteiger partial charge in [-0.15, -0.1) is 0 Å². The summed E-state index contributed by atoms with van der Waals surface area (Å²) in [5, 5.41) is 6.39. The maximum atomic E-state index is 12.2. The number of anilines is 1. The van der Waals surface area contributed by atoms with E-state index in [9.17, 15) is 9.59 Å². The van der Waals surface area contributed by atoms with E-state index in [4.69, 9.17) is 4.42 Å². The number of hydrogen-bond acceptors (Lipinski definition) is 6. The molecule has 0 atom stereocenters. The van der Waals surface area contributed by atoms with Crippen LogP contribution in [0.25, 0.3) is 22.5 Å². The second-order valence-electron chi connectivity index (χ2n) is 6.00. The maximum absolute atomic E-state index is 12.2. The molecule has 2 aromatic heterocycles. The van der Waals surface area contributed by atoms with Crippen molar-refractivity contribution in [2.45, 2.75) is 5.03 Å². The molecule has 4 aromatic rings. The minimum absolute atomic E-state index is 0.0286. The summed E-state index contributed by atoms with van der Waals surface area (Å²) in [7, 11) is 0. The highest BCUT2D eigenvalue weighted by Gasteiger charge is 2.14. The van der Waals surface area contributed by atoms with Crippen molar-refractivity contribution >= 4 is 40.3 Å². The van der Waals surface area contributed by atoms with Gasteiger partial charge in [-0.05, 0) is 30.3 Å². The summed E-state index contributed by atoms with van der Waals surface area (Å²) in [6, 6.07) is 19.4. The van der Waals surface area contributed by atoms with Crippen LogP contribution in [0.15, 0.2) is 82.4 Å². The molecule has 0 radical (unpaired) electrons. The Hall–Kier alpha value is -3.65. The van der Waals surface area contributed by atoms with Crippen molar-refractivity contribution < 1.29 is 14.0 Å². The van der Waals surface area contributed by atoms with Gasteiger partial charge < -0.3 is 9.73 Å². The molecule has 0 saturated heterocycles.